The van der Waals surface area contributed by atoms with Gasteiger partial charge in [-0.15, -0.1) is 0 Å². The van der Waals surface area contributed by atoms with Crippen molar-refractivity contribution in [2.24, 2.45) is 5.73 Å². The number of aryl methyl sites for hydroxylation is 1. The first-order valence-electron chi connectivity index (χ1n) is 7.68. The van der Waals surface area contributed by atoms with E-state index in [0.717, 1.165) is 0 Å². The van der Waals surface area contributed by atoms with Crippen molar-refractivity contribution < 1.29 is 19.4 Å². The van der Waals surface area contributed by atoms with E-state index in [-0.39, 0.29) is 28.5 Å². The van der Waals surface area contributed by atoms with Gasteiger partial charge in [-0.2, -0.15) is 9.99 Å². The lowest BCUT2D eigenvalue weighted by Crippen LogP contribution is -2.31. The van der Waals surface area contributed by atoms with E-state index in [4.69, 9.17) is 19.9 Å². The van der Waals surface area contributed by atoms with Crippen LogP contribution in [0.1, 0.15) is 22.7 Å². The van der Waals surface area contributed by atoms with E-state index in [0.29, 0.717) is 21.8 Å². The van der Waals surface area contributed by atoms with Crippen LogP contribution in [0.25, 0.3) is 0 Å². The maximum atomic E-state index is 12.7. The fraction of sp³-hybridized carbons (Fsp3) is 0.222. The first kappa shape index (κ1) is 17.2. The molecule has 8 nitrogen and oxygen atoms in total. The summed E-state index contributed by atoms with van der Waals surface area (Å²) in [6.07, 6.45) is 0. The second kappa shape index (κ2) is 6.37. The molecule has 8 heteroatoms. The zero-order chi connectivity index (χ0) is 19.0. The minimum Gasteiger partial charge on any atom is -0.493 e. The van der Waals surface area contributed by atoms with Crippen LogP contribution in [0.5, 0.6) is 17.2 Å². The summed E-state index contributed by atoms with van der Waals surface area (Å²) in [6, 6.07) is 8.51. The number of pyridine rings is 1. The van der Waals surface area contributed by atoms with Gasteiger partial charge in [-0.1, -0.05) is 6.07 Å². The Bertz CT molecular complexity index is 1020. The number of nitriles is 1. The topological polar surface area (TPSA) is 120 Å². The second-order valence-corrected chi connectivity index (χ2v) is 5.72. The fourth-order valence-electron chi connectivity index (χ4n) is 3.00. The number of allylic oxidation sites excluding steroid dienone is 1. The Kier molecular flexibility index (Phi) is 4.22. The lowest BCUT2D eigenvalue weighted by molar-refractivity contribution is 0.165. The van der Waals surface area contributed by atoms with Crippen LogP contribution in [0, 0.1) is 18.3 Å². The number of hydrogen-bond donors (Lipinski definition) is 2. The Morgan fingerprint density at radius 3 is 2.58 bits per heavy atom. The molecule has 3 N–H and O–H groups in total. The SMILES string of the molecule is COc1ccc([C@@H]2C(C#N)=C(N)Oc3cc(C)n(O)c(=O)c32)cc1OC. The standard InChI is InChI=1S/C18H17N3O5/c1-9-6-14-16(18(22)21(9)23)15(11(8-19)17(20)26-14)10-4-5-12(24-2)13(7-10)25-3/h4-7,15,23H,20H2,1-3H3/t15-/m1/s1. The van der Waals surface area contributed by atoms with Gasteiger partial charge < -0.3 is 25.2 Å². The number of ether oxygens (including phenoxy) is 3. The molecule has 2 heterocycles. The van der Waals surface area contributed by atoms with Crippen molar-refractivity contribution in [1.29, 1.82) is 5.26 Å². The van der Waals surface area contributed by atoms with E-state index in [1.807, 2.05) is 6.07 Å². The van der Waals surface area contributed by atoms with E-state index in [9.17, 15) is 15.3 Å². The van der Waals surface area contributed by atoms with Gasteiger partial charge in [0.1, 0.15) is 17.4 Å². The Balaban J connectivity index is 2.32. The highest BCUT2D eigenvalue weighted by Crippen LogP contribution is 2.42. The highest BCUT2D eigenvalue weighted by molar-refractivity contribution is 5.57. The molecule has 0 spiro atoms. The van der Waals surface area contributed by atoms with Crippen LogP contribution in [-0.4, -0.2) is 24.2 Å². The highest BCUT2D eigenvalue weighted by atomic mass is 16.5. The molecule has 0 unspecified atom stereocenters. The van der Waals surface area contributed by atoms with E-state index in [2.05, 4.69) is 0 Å². The maximum Gasteiger partial charge on any atom is 0.291 e. The van der Waals surface area contributed by atoms with Crippen molar-refractivity contribution in [3.05, 3.63) is 62.9 Å². The summed E-state index contributed by atoms with van der Waals surface area (Å²) in [5.74, 6) is 0.242. The van der Waals surface area contributed by atoms with Crippen molar-refractivity contribution in [2.75, 3.05) is 14.2 Å². The molecule has 0 fully saturated rings. The first-order chi connectivity index (χ1) is 12.4. The van der Waals surface area contributed by atoms with Gasteiger partial charge in [-0.25, -0.2) is 0 Å². The summed E-state index contributed by atoms with van der Waals surface area (Å²) >= 11 is 0. The Morgan fingerprint density at radius 2 is 1.96 bits per heavy atom. The average Bonchev–Trinajstić information content (AvgIpc) is 2.64. The summed E-state index contributed by atoms with van der Waals surface area (Å²) in [7, 11) is 2.99. The van der Waals surface area contributed by atoms with Gasteiger partial charge in [-0.05, 0) is 24.6 Å². The quantitative estimate of drug-likeness (QED) is 0.803. The number of benzene rings is 1. The second-order valence-electron chi connectivity index (χ2n) is 5.72. The lowest BCUT2D eigenvalue weighted by Gasteiger charge is -2.26. The maximum absolute atomic E-state index is 12.7. The van der Waals surface area contributed by atoms with Gasteiger partial charge in [0.25, 0.3) is 5.56 Å². The predicted molar refractivity (Wildman–Crippen MR) is 91.5 cm³/mol. The molecule has 1 aliphatic rings. The average molecular weight is 355 g/mol. The molecule has 1 aromatic carbocycles. The number of fused-ring (bicyclic) bond motifs is 1. The van der Waals surface area contributed by atoms with Crippen LogP contribution in [0.4, 0.5) is 0 Å². The molecular formula is C18H17N3O5. The molecule has 0 bridgehead atoms. The van der Waals surface area contributed by atoms with Crippen molar-refractivity contribution in [1.82, 2.24) is 4.73 Å². The fourth-order valence-corrected chi connectivity index (χ4v) is 3.00. The number of nitrogens with zero attached hydrogens (tertiary/aromatic N) is 2. The number of methoxy groups -OCH3 is 2. The zero-order valence-electron chi connectivity index (χ0n) is 14.4. The molecule has 3 rings (SSSR count). The smallest absolute Gasteiger partial charge is 0.291 e. The lowest BCUT2D eigenvalue weighted by atomic mass is 9.84. The minimum absolute atomic E-state index is 0.0747. The molecule has 26 heavy (non-hydrogen) atoms. The largest absolute Gasteiger partial charge is 0.493 e. The highest BCUT2D eigenvalue weighted by Gasteiger charge is 2.34. The summed E-state index contributed by atoms with van der Waals surface area (Å²) in [5, 5.41) is 19.6. The van der Waals surface area contributed by atoms with Crippen molar-refractivity contribution in [2.45, 2.75) is 12.8 Å². The number of nitrogens with two attached hydrogens (primary N) is 1. The third kappa shape index (κ3) is 2.50. The normalized spacial score (nSPS) is 15.7. The molecule has 134 valence electrons. The van der Waals surface area contributed by atoms with Crippen molar-refractivity contribution in [3.63, 3.8) is 0 Å². The number of aromatic nitrogens is 1. The third-order valence-corrected chi connectivity index (χ3v) is 4.29. The van der Waals surface area contributed by atoms with Crippen LogP contribution >= 0.6 is 0 Å². The molecule has 0 saturated carbocycles. The van der Waals surface area contributed by atoms with Crippen LogP contribution in [0.2, 0.25) is 0 Å². The molecular weight excluding hydrogens is 338 g/mol. The van der Waals surface area contributed by atoms with E-state index in [1.165, 1.54) is 20.3 Å². The third-order valence-electron chi connectivity index (χ3n) is 4.29. The Labute approximate surface area is 149 Å². The molecule has 1 aromatic heterocycles. The molecule has 0 saturated heterocycles. The van der Waals surface area contributed by atoms with Gasteiger partial charge in [0.2, 0.25) is 5.88 Å². The van der Waals surface area contributed by atoms with E-state index in [1.54, 1.807) is 25.1 Å². The zero-order valence-corrected chi connectivity index (χ0v) is 14.4. The van der Waals surface area contributed by atoms with Crippen LogP contribution in [-0.2, 0) is 0 Å². The Hall–Kier alpha value is -3.60. The molecule has 0 aliphatic carbocycles. The molecule has 0 radical (unpaired) electrons. The minimum atomic E-state index is -0.810. The predicted octanol–water partition coefficient (Wildman–Crippen LogP) is 1.63. The summed E-state index contributed by atoms with van der Waals surface area (Å²) in [4.78, 5) is 12.7. The van der Waals surface area contributed by atoms with Gasteiger partial charge in [-0.3, -0.25) is 4.79 Å². The van der Waals surface area contributed by atoms with E-state index < -0.39 is 11.5 Å². The molecule has 2 aromatic rings. The van der Waals surface area contributed by atoms with Gasteiger partial charge in [0.05, 0.1) is 31.4 Å². The monoisotopic (exact) mass is 355 g/mol. The molecule has 1 atom stereocenters. The molecule has 0 amide bonds. The van der Waals surface area contributed by atoms with Crippen molar-refractivity contribution >= 4 is 0 Å². The molecule has 1 aliphatic heterocycles. The summed E-state index contributed by atoms with van der Waals surface area (Å²) in [6.45, 7) is 1.55. The van der Waals surface area contributed by atoms with Gasteiger partial charge in [0.15, 0.2) is 11.5 Å². The number of rotatable bonds is 3. The Morgan fingerprint density at radius 1 is 1.27 bits per heavy atom. The summed E-state index contributed by atoms with van der Waals surface area (Å²) in [5.41, 5.74) is 6.28. The first-order valence-corrected chi connectivity index (χ1v) is 7.68. The van der Waals surface area contributed by atoms with Crippen LogP contribution in [0.15, 0.2) is 40.5 Å². The van der Waals surface area contributed by atoms with Crippen LogP contribution in [0.3, 0.4) is 0 Å². The number of hydrogen-bond acceptors (Lipinski definition) is 7. The van der Waals surface area contributed by atoms with Crippen LogP contribution < -0.4 is 25.5 Å². The van der Waals surface area contributed by atoms with Crippen molar-refractivity contribution in [3.8, 4) is 23.3 Å². The summed E-state index contributed by atoms with van der Waals surface area (Å²) < 4.78 is 16.5. The van der Waals surface area contributed by atoms with Gasteiger partial charge in [0, 0.05) is 6.07 Å². The van der Waals surface area contributed by atoms with E-state index >= 15 is 0 Å². The van der Waals surface area contributed by atoms with Gasteiger partial charge >= 0.3 is 0 Å².